The topological polar surface area (TPSA) is 96.8 Å². The Morgan fingerprint density at radius 2 is 1.73 bits per heavy atom. The summed E-state index contributed by atoms with van der Waals surface area (Å²) in [4.78, 5) is 15.5. The third-order valence-corrected chi connectivity index (χ3v) is 6.56. The zero-order chi connectivity index (χ0) is 21.3. The van der Waals surface area contributed by atoms with Crippen LogP contribution in [-0.2, 0) is 0 Å². The number of likely N-dealkylation sites (N-methyl/N-ethyl adjacent to an activating group) is 1. The fourth-order valence-corrected chi connectivity index (χ4v) is 4.72. The van der Waals surface area contributed by atoms with E-state index >= 15 is 0 Å². The van der Waals surface area contributed by atoms with Gasteiger partial charge < -0.3 is 26.0 Å². The molecule has 2 fully saturated rings. The molecule has 4 rings (SSSR count). The smallest absolute Gasteiger partial charge is 0.221 e. The number of rotatable bonds is 4. The zero-order valence-electron chi connectivity index (χ0n) is 17.6. The second kappa shape index (κ2) is 8.83. The maximum Gasteiger partial charge on any atom is 0.221 e. The molecule has 0 saturated carbocycles. The molecule has 2 saturated heterocycles. The number of methoxy groups -OCH3 is 1. The number of aromatic nitrogens is 2. The number of nitrogens with zero attached hydrogens (tertiary/aromatic N) is 5. The van der Waals surface area contributed by atoms with Crippen molar-refractivity contribution in [3.05, 3.63) is 23.4 Å². The van der Waals surface area contributed by atoms with Gasteiger partial charge in [-0.1, -0.05) is 11.6 Å². The van der Waals surface area contributed by atoms with E-state index in [1.165, 1.54) is 0 Å². The van der Waals surface area contributed by atoms with E-state index in [2.05, 4.69) is 31.7 Å². The predicted octanol–water partition coefficient (Wildman–Crippen LogP) is 2.19. The largest absolute Gasteiger partial charge is 0.496 e. The van der Waals surface area contributed by atoms with Gasteiger partial charge in [0.25, 0.3) is 0 Å². The number of halogens is 1. The molecule has 0 atom stereocenters. The van der Waals surface area contributed by atoms with Gasteiger partial charge in [-0.15, -0.1) is 0 Å². The van der Waals surface area contributed by atoms with Gasteiger partial charge in [0.1, 0.15) is 11.6 Å². The SMILES string of the molecule is COc1cc(N2CCC(N3CCN(C)CC3)CC2)c(Cl)cc1-c1cnc(N)nc1N. The van der Waals surface area contributed by atoms with E-state index in [0.717, 1.165) is 63.4 Å². The fraction of sp³-hybridized carbons (Fsp3) is 0.524. The number of anilines is 3. The first-order valence-corrected chi connectivity index (χ1v) is 10.8. The minimum Gasteiger partial charge on any atom is -0.496 e. The number of piperidine rings is 1. The average Bonchev–Trinajstić information content (AvgIpc) is 2.74. The second-order valence-corrected chi connectivity index (χ2v) is 8.50. The second-order valence-electron chi connectivity index (χ2n) is 8.09. The van der Waals surface area contributed by atoms with E-state index in [-0.39, 0.29) is 5.95 Å². The van der Waals surface area contributed by atoms with Crippen LogP contribution in [0.25, 0.3) is 11.1 Å². The van der Waals surface area contributed by atoms with Gasteiger partial charge in [0.2, 0.25) is 5.95 Å². The molecular formula is C21H30ClN7O. The summed E-state index contributed by atoms with van der Waals surface area (Å²) in [5.74, 6) is 1.13. The molecule has 162 valence electrons. The lowest BCUT2D eigenvalue weighted by atomic mass is 10.0. The van der Waals surface area contributed by atoms with E-state index in [4.69, 9.17) is 27.8 Å². The van der Waals surface area contributed by atoms with E-state index in [1.54, 1.807) is 13.3 Å². The summed E-state index contributed by atoms with van der Waals surface area (Å²) >= 11 is 6.71. The highest BCUT2D eigenvalue weighted by atomic mass is 35.5. The van der Waals surface area contributed by atoms with Crippen LogP contribution in [0.3, 0.4) is 0 Å². The Morgan fingerprint density at radius 3 is 2.37 bits per heavy atom. The molecule has 0 aliphatic carbocycles. The van der Waals surface area contributed by atoms with Crippen molar-refractivity contribution >= 4 is 29.1 Å². The van der Waals surface area contributed by atoms with Gasteiger partial charge in [-0.05, 0) is 26.0 Å². The van der Waals surface area contributed by atoms with Gasteiger partial charge in [-0.2, -0.15) is 4.98 Å². The van der Waals surface area contributed by atoms with Crippen molar-refractivity contribution in [2.45, 2.75) is 18.9 Å². The van der Waals surface area contributed by atoms with Gasteiger partial charge in [0, 0.05) is 68.7 Å². The van der Waals surface area contributed by atoms with E-state index in [9.17, 15) is 0 Å². The van der Waals surface area contributed by atoms with Crippen LogP contribution in [0, 0.1) is 0 Å². The molecule has 1 aromatic carbocycles. The zero-order valence-corrected chi connectivity index (χ0v) is 18.4. The van der Waals surface area contributed by atoms with Gasteiger partial charge in [0.15, 0.2) is 0 Å². The minimum absolute atomic E-state index is 0.140. The summed E-state index contributed by atoms with van der Waals surface area (Å²) in [7, 11) is 3.84. The Balaban J connectivity index is 1.51. The molecule has 30 heavy (non-hydrogen) atoms. The van der Waals surface area contributed by atoms with Crippen molar-refractivity contribution in [3.8, 4) is 16.9 Å². The monoisotopic (exact) mass is 431 g/mol. The number of hydrogen-bond acceptors (Lipinski definition) is 8. The van der Waals surface area contributed by atoms with Crippen LogP contribution >= 0.6 is 11.6 Å². The predicted molar refractivity (Wildman–Crippen MR) is 122 cm³/mol. The molecule has 3 heterocycles. The minimum atomic E-state index is 0.140. The third kappa shape index (κ3) is 4.26. The molecule has 0 radical (unpaired) electrons. The van der Waals surface area contributed by atoms with Crippen LogP contribution in [0.5, 0.6) is 5.75 Å². The molecule has 2 aliphatic heterocycles. The summed E-state index contributed by atoms with van der Waals surface area (Å²) in [5.41, 5.74) is 14.1. The number of ether oxygens (including phenoxy) is 1. The van der Waals surface area contributed by atoms with Crippen LogP contribution in [0.2, 0.25) is 5.02 Å². The first-order chi connectivity index (χ1) is 14.5. The van der Waals surface area contributed by atoms with Crippen LogP contribution in [0.15, 0.2) is 18.3 Å². The van der Waals surface area contributed by atoms with Crippen LogP contribution in [0.1, 0.15) is 12.8 Å². The molecular weight excluding hydrogens is 402 g/mol. The molecule has 9 heteroatoms. The van der Waals surface area contributed by atoms with Crippen molar-refractivity contribution in [2.75, 3.05) is 69.8 Å². The molecule has 2 aliphatic rings. The standard InChI is InChI=1S/C21H30ClN7O/c1-27-7-9-28(10-8-27)14-3-5-29(6-4-14)18-12-19(30-2)15(11-17(18)22)16-13-25-21(24)26-20(16)23/h11-14H,3-10H2,1-2H3,(H4,23,24,25,26). The maximum absolute atomic E-state index is 6.71. The third-order valence-electron chi connectivity index (χ3n) is 6.26. The summed E-state index contributed by atoms with van der Waals surface area (Å²) in [5, 5.41) is 0.667. The van der Waals surface area contributed by atoms with Crippen molar-refractivity contribution in [1.29, 1.82) is 0 Å². The van der Waals surface area contributed by atoms with Gasteiger partial charge in [-0.25, -0.2) is 4.98 Å². The van der Waals surface area contributed by atoms with Gasteiger partial charge in [0.05, 0.1) is 17.8 Å². The van der Waals surface area contributed by atoms with Crippen molar-refractivity contribution in [2.24, 2.45) is 0 Å². The molecule has 8 nitrogen and oxygen atoms in total. The van der Waals surface area contributed by atoms with Crippen LogP contribution in [-0.4, -0.2) is 79.2 Å². The van der Waals surface area contributed by atoms with Gasteiger partial charge >= 0.3 is 0 Å². The number of benzene rings is 1. The lowest BCUT2D eigenvalue weighted by Gasteiger charge is -2.42. The summed E-state index contributed by atoms with van der Waals surface area (Å²) < 4.78 is 5.66. The number of hydrogen-bond donors (Lipinski definition) is 2. The Morgan fingerprint density at radius 1 is 1.03 bits per heavy atom. The van der Waals surface area contributed by atoms with Crippen LogP contribution in [0.4, 0.5) is 17.5 Å². The normalized spacial score (nSPS) is 19.2. The maximum atomic E-state index is 6.71. The fourth-order valence-electron chi connectivity index (χ4n) is 4.44. The Labute approximate surface area is 182 Å². The van der Waals surface area contributed by atoms with E-state index in [0.29, 0.717) is 28.2 Å². The van der Waals surface area contributed by atoms with Gasteiger partial charge in [-0.3, -0.25) is 4.90 Å². The van der Waals surface area contributed by atoms with Crippen molar-refractivity contribution in [1.82, 2.24) is 19.8 Å². The van der Waals surface area contributed by atoms with E-state index < -0.39 is 0 Å². The summed E-state index contributed by atoms with van der Waals surface area (Å²) in [6.07, 6.45) is 3.89. The first-order valence-electron chi connectivity index (χ1n) is 10.4. The Bertz CT molecular complexity index is 893. The Hall–Kier alpha value is -2.29. The summed E-state index contributed by atoms with van der Waals surface area (Å²) in [6, 6.07) is 4.53. The molecule has 1 aromatic heterocycles. The van der Waals surface area contributed by atoms with Crippen molar-refractivity contribution in [3.63, 3.8) is 0 Å². The quantitative estimate of drug-likeness (QED) is 0.760. The molecule has 4 N–H and O–H groups in total. The molecule has 0 spiro atoms. The van der Waals surface area contributed by atoms with Crippen molar-refractivity contribution < 1.29 is 4.74 Å². The number of piperazine rings is 1. The summed E-state index contributed by atoms with van der Waals surface area (Å²) in [6.45, 7) is 6.59. The van der Waals surface area contributed by atoms with E-state index in [1.807, 2.05) is 12.1 Å². The molecule has 0 amide bonds. The lowest BCUT2D eigenvalue weighted by molar-refractivity contribution is 0.0982. The molecule has 2 aromatic rings. The highest BCUT2D eigenvalue weighted by Crippen LogP contribution is 2.41. The number of nitrogen functional groups attached to an aromatic ring is 2. The highest BCUT2D eigenvalue weighted by Gasteiger charge is 2.28. The van der Waals surface area contributed by atoms with Crippen LogP contribution < -0.4 is 21.1 Å². The lowest BCUT2D eigenvalue weighted by Crippen LogP contribution is -2.52. The molecule has 0 unspecified atom stereocenters. The number of nitrogens with two attached hydrogens (primary N) is 2. The first kappa shape index (κ1) is 21.0. The Kier molecular flexibility index (Phi) is 6.17. The highest BCUT2D eigenvalue weighted by molar-refractivity contribution is 6.33. The molecule has 0 bridgehead atoms. The average molecular weight is 432 g/mol.